The van der Waals surface area contributed by atoms with Crippen LogP contribution in [0.1, 0.15) is 22.7 Å². The van der Waals surface area contributed by atoms with Crippen LogP contribution >= 0.6 is 23.2 Å². The Kier molecular flexibility index (Phi) is 4.25. The molecule has 0 aromatic heterocycles. The third kappa shape index (κ3) is 3.03. The van der Waals surface area contributed by atoms with Crippen molar-refractivity contribution >= 4 is 23.2 Å². The molecule has 0 amide bonds. The summed E-state index contributed by atoms with van der Waals surface area (Å²) >= 11 is 12.1. The van der Waals surface area contributed by atoms with Gasteiger partial charge in [-0.05, 0) is 47.9 Å². The van der Waals surface area contributed by atoms with Crippen LogP contribution in [0.2, 0.25) is 10.0 Å². The third-order valence-electron chi connectivity index (χ3n) is 2.75. The van der Waals surface area contributed by atoms with Crippen LogP contribution in [0.4, 0.5) is 0 Å². The second kappa shape index (κ2) is 5.72. The summed E-state index contributed by atoms with van der Waals surface area (Å²) in [5, 5.41) is 1.39. The Bertz CT molecular complexity index is 535. The van der Waals surface area contributed by atoms with E-state index in [4.69, 9.17) is 29.0 Å². The molecular formula is C14H14Cl2N2. The summed E-state index contributed by atoms with van der Waals surface area (Å²) in [5.74, 6) is 5.65. The number of hydrogen-bond acceptors (Lipinski definition) is 2. The molecule has 0 spiro atoms. The first-order chi connectivity index (χ1) is 8.60. The smallest absolute Gasteiger partial charge is 0.0711 e. The molecule has 18 heavy (non-hydrogen) atoms. The molecule has 0 saturated heterocycles. The van der Waals surface area contributed by atoms with Crippen LogP contribution in [0.5, 0.6) is 0 Å². The van der Waals surface area contributed by atoms with Gasteiger partial charge in [-0.2, -0.15) is 0 Å². The molecule has 0 aliphatic carbocycles. The lowest BCUT2D eigenvalue weighted by Gasteiger charge is -2.18. The van der Waals surface area contributed by atoms with Gasteiger partial charge in [0, 0.05) is 10.0 Å². The van der Waals surface area contributed by atoms with Crippen LogP contribution in [0.15, 0.2) is 42.5 Å². The van der Waals surface area contributed by atoms with Crippen LogP contribution in [-0.2, 0) is 0 Å². The van der Waals surface area contributed by atoms with E-state index in [0.717, 1.165) is 16.7 Å². The van der Waals surface area contributed by atoms with E-state index in [0.29, 0.717) is 10.0 Å². The Balaban J connectivity index is 2.45. The van der Waals surface area contributed by atoms with Gasteiger partial charge in [0.25, 0.3) is 0 Å². The van der Waals surface area contributed by atoms with Crippen LogP contribution < -0.4 is 11.3 Å². The van der Waals surface area contributed by atoms with E-state index in [-0.39, 0.29) is 6.04 Å². The Morgan fingerprint density at radius 2 is 1.72 bits per heavy atom. The summed E-state index contributed by atoms with van der Waals surface area (Å²) in [4.78, 5) is 0. The van der Waals surface area contributed by atoms with Crippen molar-refractivity contribution in [3.63, 3.8) is 0 Å². The number of benzene rings is 2. The maximum Gasteiger partial charge on any atom is 0.0711 e. The summed E-state index contributed by atoms with van der Waals surface area (Å²) in [6.07, 6.45) is 0. The Hall–Kier alpha value is -1.06. The first-order valence-electron chi connectivity index (χ1n) is 5.59. The zero-order valence-electron chi connectivity index (χ0n) is 9.95. The summed E-state index contributed by atoms with van der Waals surface area (Å²) < 4.78 is 0. The van der Waals surface area contributed by atoms with Crippen molar-refractivity contribution in [1.29, 1.82) is 0 Å². The Morgan fingerprint density at radius 1 is 1.00 bits per heavy atom. The highest BCUT2D eigenvalue weighted by Crippen LogP contribution is 2.26. The van der Waals surface area contributed by atoms with E-state index in [1.165, 1.54) is 0 Å². The fraction of sp³-hybridized carbons (Fsp3) is 0.143. The van der Waals surface area contributed by atoms with Crippen molar-refractivity contribution < 1.29 is 0 Å². The van der Waals surface area contributed by atoms with Gasteiger partial charge >= 0.3 is 0 Å². The van der Waals surface area contributed by atoms with E-state index in [2.05, 4.69) is 11.5 Å². The first kappa shape index (κ1) is 13.4. The van der Waals surface area contributed by atoms with Gasteiger partial charge in [0.05, 0.1) is 6.04 Å². The van der Waals surface area contributed by atoms with Gasteiger partial charge < -0.3 is 0 Å². The van der Waals surface area contributed by atoms with E-state index in [9.17, 15) is 0 Å². The molecule has 0 fully saturated rings. The molecule has 0 heterocycles. The Labute approximate surface area is 117 Å². The summed E-state index contributed by atoms with van der Waals surface area (Å²) in [6.45, 7) is 2.00. The molecule has 2 rings (SSSR count). The molecule has 1 atom stereocenters. The third-order valence-corrected chi connectivity index (χ3v) is 3.20. The van der Waals surface area contributed by atoms with Crippen LogP contribution in [-0.4, -0.2) is 0 Å². The number of nitrogens with two attached hydrogens (primary N) is 1. The molecule has 94 valence electrons. The number of nitrogens with one attached hydrogen (secondary N) is 1. The second-order valence-corrected chi connectivity index (χ2v) is 5.09. The van der Waals surface area contributed by atoms with Crippen molar-refractivity contribution in [3.8, 4) is 0 Å². The molecule has 3 N–H and O–H groups in total. The van der Waals surface area contributed by atoms with Gasteiger partial charge in [-0.1, -0.05) is 41.4 Å². The van der Waals surface area contributed by atoms with Crippen LogP contribution in [0, 0.1) is 6.92 Å². The maximum absolute atomic E-state index is 6.08. The fourth-order valence-corrected chi connectivity index (χ4v) is 2.50. The molecule has 4 heteroatoms. The predicted octanol–water partition coefficient (Wildman–Crippen LogP) is 3.85. The van der Waals surface area contributed by atoms with Gasteiger partial charge in [0.1, 0.15) is 0 Å². The van der Waals surface area contributed by atoms with E-state index in [1.807, 2.05) is 43.3 Å². The summed E-state index contributed by atoms with van der Waals surface area (Å²) in [7, 11) is 0. The average Bonchev–Trinajstić information content (AvgIpc) is 2.28. The molecule has 2 aromatic rings. The molecule has 2 nitrogen and oxygen atoms in total. The van der Waals surface area contributed by atoms with Crippen molar-refractivity contribution in [2.24, 2.45) is 5.84 Å². The number of hydrogen-bond donors (Lipinski definition) is 2. The minimum atomic E-state index is -0.124. The van der Waals surface area contributed by atoms with Gasteiger partial charge in [-0.3, -0.25) is 5.84 Å². The molecule has 0 aliphatic heterocycles. The number of halogens is 2. The highest BCUT2D eigenvalue weighted by Gasteiger charge is 2.13. The lowest BCUT2D eigenvalue weighted by Crippen LogP contribution is -2.28. The lowest BCUT2D eigenvalue weighted by molar-refractivity contribution is 0.636. The molecule has 0 saturated carbocycles. The van der Waals surface area contributed by atoms with Crippen molar-refractivity contribution in [1.82, 2.24) is 5.43 Å². The van der Waals surface area contributed by atoms with Crippen molar-refractivity contribution in [3.05, 3.63) is 69.2 Å². The first-order valence-corrected chi connectivity index (χ1v) is 6.34. The molecule has 1 unspecified atom stereocenters. The van der Waals surface area contributed by atoms with E-state index in [1.54, 1.807) is 0 Å². The van der Waals surface area contributed by atoms with E-state index < -0.39 is 0 Å². The van der Waals surface area contributed by atoms with Crippen molar-refractivity contribution in [2.45, 2.75) is 13.0 Å². The predicted molar refractivity (Wildman–Crippen MR) is 76.8 cm³/mol. The SMILES string of the molecule is Cc1cc(Cl)cc(C(NN)c2cccc(Cl)c2)c1. The zero-order chi connectivity index (χ0) is 13.1. The summed E-state index contributed by atoms with van der Waals surface area (Å²) in [6, 6.07) is 13.4. The summed E-state index contributed by atoms with van der Waals surface area (Å²) in [5.41, 5.74) is 5.92. The molecular weight excluding hydrogens is 267 g/mol. The molecule has 0 bridgehead atoms. The molecule has 2 aromatic carbocycles. The topological polar surface area (TPSA) is 38.0 Å². The minimum absolute atomic E-state index is 0.124. The number of aryl methyl sites for hydroxylation is 1. The average molecular weight is 281 g/mol. The Morgan fingerprint density at radius 3 is 2.33 bits per heavy atom. The standard InChI is InChI=1S/C14H14Cl2N2/c1-9-5-11(8-13(16)6-9)14(18-17)10-3-2-4-12(15)7-10/h2-8,14,18H,17H2,1H3. The van der Waals surface area contributed by atoms with E-state index >= 15 is 0 Å². The quantitative estimate of drug-likeness (QED) is 0.662. The largest absolute Gasteiger partial charge is 0.271 e. The van der Waals surface area contributed by atoms with Crippen LogP contribution in [0.25, 0.3) is 0 Å². The van der Waals surface area contributed by atoms with Crippen LogP contribution in [0.3, 0.4) is 0 Å². The van der Waals surface area contributed by atoms with Gasteiger partial charge in [-0.15, -0.1) is 0 Å². The normalized spacial score (nSPS) is 12.4. The number of hydrazine groups is 1. The highest BCUT2D eigenvalue weighted by molar-refractivity contribution is 6.31. The number of rotatable bonds is 3. The molecule has 0 aliphatic rings. The monoisotopic (exact) mass is 280 g/mol. The maximum atomic E-state index is 6.08. The van der Waals surface area contributed by atoms with Crippen molar-refractivity contribution in [2.75, 3.05) is 0 Å². The zero-order valence-corrected chi connectivity index (χ0v) is 11.5. The lowest BCUT2D eigenvalue weighted by atomic mass is 9.98. The fourth-order valence-electron chi connectivity index (χ4n) is 2.00. The second-order valence-electron chi connectivity index (χ2n) is 4.22. The van der Waals surface area contributed by atoms with Gasteiger partial charge in [-0.25, -0.2) is 5.43 Å². The molecule has 0 radical (unpaired) electrons. The highest BCUT2D eigenvalue weighted by atomic mass is 35.5. The van der Waals surface area contributed by atoms with Gasteiger partial charge in [0.15, 0.2) is 0 Å². The van der Waals surface area contributed by atoms with Gasteiger partial charge in [0.2, 0.25) is 0 Å². The minimum Gasteiger partial charge on any atom is -0.271 e.